The number of carbonyl (C=O) groups is 1. The SMILES string of the molecule is NC(=O)C(COC1CCOC1)NC1CC1. The van der Waals surface area contributed by atoms with Gasteiger partial charge in [-0.2, -0.15) is 0 Å². The smallest absolute Gasteiger partial charge is 0.236 e. The Morgan fingerprint density at radius 2 is 2.33 bits per heavy atom. The summed E-state index contributed by atoms with van der Waals surface area (Å²) >= 11 is 0. The summed E-state index contributed by atoms with van der Waals surface area (Å²) in [5.74, 6) is -0.333. The van der Waals surface area contributed by atoms with Crippen molar-refractivity contribution >= 4 is 5.91 Å². The minimum absolute atomic E-state index is 0.132. The van der Waals surface area contributed by atoms with Crippen LogP contribution in [0.2, 0.25) is 0 Å². The molecule has 2 rings (SSSR count). The van der Waals surface area contributed by atoms with E-state index in [1.807, 2.05) is 0 Å². The van der Waals surface area contributed by atoms with Crippen LogP contribution in [-0.2, 0) is 14.3 Å². The van der Waals surface area contributed by atoms with E-state index < -0.39 is 0 Å². The molecule has 0 aromatic rings. The standard InChI is InChI=1S/C10H18N2O3/c11-10(13)9(12-7-1-2-7)6-15-8-3-4-14-5-8/h7-9,12H,1-6H2,(H2,11,13). The molecule has 15 heavy (non-hydrogen) atoms. The van der Waals surface area contributed by atoms with Crippen molar-refractivity contribution in [1.29, 1.82) is 0 Å². The molecule has 5 nitrogen and oxygen atoms in total. The molecule has 5 heteroatoms. The Labute approximate surface area is 89.3 Å². The highest BCUT2D eigenvalue weighted by Crippen LogP contribution is 2.19. The van der Waals surface area contributed by atoms with Crippen molar-refractivity contribution in [3.8, 4) is 0 Å². The number of hydrogen-bond acceptors (Lipinski definition) is 4. The van der Waals surface area contributed by atoms with Gasteiger partial charge in [-0.25, -0.2) is 0 Å². The summed E-state index contributed by atoms with van der Waals surface area (Å²) < 4.78 is 10.7. The summed E-state index contributed by atoms with van der Waals surface area (Å²) in [5, 5.41) is 3.17. The number of carbonyl (C=O) groups excluding carboxylic acids is 1. The van der Waals surface area contributed by atoms with E-state index in [1.54, 1.807) is 0 Å². The molecule has 3 N–H and O–H groups in total. The summed E-state index contributed by atoms with van der Waals surface area (Å²) in [4.78, 5) is 11.1. The van der Waals surface area contributed by atoms with E-state index in [0.717, 1.165) is 25.9 Å². The van der Waals surface area contributed by atoms with Gasteiger partial charge in [-0.15, -0.1) is 0 Å². The van der Waals surface area contributed by atoms with Crippen molar-refractivity contribution in [2.24, 2.45) is 5.73 Å². The van der Waals surface area contributed by atoms with Crippen LogP contribution in [0, 0.1) is 0 Å². The molecule has 0 aromatic heterocycles. The van der Waals surface area contributed by atoms with Gasteiger partial charge >= 0.3 is 0 Å². The average molecular weight is 214 g/mol. The molecule has 1 aliphatic heterocycles. The first-order valence-electron chi connectivity index (χ1n) is 5.50. The molecule has 0 radical (unpaired) electrons. The number of rotatable bonds is 6. The van der Waals surface area contributed by atoms with Crippen molar-refractivity contribution in [1.82, 2.24) is 5.32 Å². The Morgan fingerprint density at radius 3 is 2.87 bits per heavy atom. The Kier molecular flexibility index (Phi) is 3.56. The maximum Gasteiger partial charge on any atom is 0.236 e. The molecule has 2 atom stereocenters. The number of nitrogens with one attached hydrogen (secondary N) is 1. The quantitative estimate of drug-likeness (QED) is 0.619. The maximum absolute atomic E-state index is 11.1. The molecule has 2 aliphatic rings. The lowest BCUT2D eigenvalue weighted by atomic mass is 10.2. The van der Waals surface area contributed by atoms with Gasteiger partial charge in [0.25, 0.3) is 0 Å². The van der Waals surface area contributed by atoms with E-state index in [4.69, 9.17) is 15.2 Å². The maximum atomic E-state index is 11.1. The Bertz CT molecular complexity index is 225. The minimum atomic E-state index is -0.349. The normalized spacial score (nSPS) is 27.9. The lowest BCUT2D eigenvalue weighted by Gasteiger charge is -2.17. The molecule has 1 heterocycles. The zero-order valence-corrected chi connectivity index (χ0v) is 8.78. The van der Waals surface area contributed by atoms with Gasteiger partial charge < -0.3 is 20.5 Å². The summed E-state index contributed by atoms with van der Waals surface area (Å²) in [5.41, 5.74) is 5.28. The van der Waals surface area contributed by atoms with Crippen LogP contribution >= 0.6 is 0 Å². The third-order valence-corrected chi connectivity index (χ3v) is 2.74. The molecule has 1 saturated heterocycles. The van der Waals surface area contributed by atoms with Crippen molar-refractivity contribution in [2.45, 2.75) is 37.5 Å². The average Bonchev–Trinajstić information content (AvgIpc) is 2.87. The predicted molar refractivity (Wildman–Crippen MR) is 54.3 cm³/mol. The molecule has 2 unspecified atom stereocenters. The zero-order valence-electron chi connectivity index (χ0n) is 8.78. The second kappa shape index (κ2) is 4.92. The molecule has 0 spiro atoms. The number of primary amides is 1. The van der Waals surface area contributed by atoms with Crippen molar-refractivity contribution < 1.29 is 14.3 Å². The number of hydrogen-bond donors (Lipinski definition) is 2. The monoisotopic (exact) mass is 214 g/mol. The molecule has 0 aromatic carbocycles. The summed E-state index contributed by atoms with van der Waals surface area (Å²) in [6.07, 6.45) is 3.31. The zero-order chi connectivity index (χ0) is 10.7. The fourth-order valence-electron chi connectivity index (χ4n) is 1.62. The van der Waals surface area contributed by atoms with Gasteiger partial charge in [0.15, 0.2) is 0 Å². The molecule has 0 bridgehead atoms. The molecule has 86 valence electrons. The van der Waals surface area contributed by atoms with Crippen LogP contribution in [0.4, 0.5) is 0 Å². The van der Waals surface area contributed by atoms with Crippen LogP contribution in [0.5, 0.6) is 0 Å². The van der Waals surface area contributed by atoms with E-state index in [2.05, 4.69) is 5.32 Å². The van der Waals surface area contributed by atoms with Crippen LogP contribution < -0.4 is 11.1 Å². The van der Waals surface area contributed by atoms with E-state index >= 15 is 0 Å². The summed E-state index contributed by atoms with van der Waals surface area (Å²) in [6.45, 7) is 1.75. The fourth-order valence-corrected chi connectivity index (χ4v) is 1.62. The van der Waals surface area contributed by atoms with Crippen molar-refractivity contribution in [3.63, 3.8) is 0 Å². The van der Waals surface area contributed by atoms with Gasteiger partial charge in [0, 0.05) is 12.6 Å². The van der Waals surface area contributed by atoms with Crippen LogP contribution in [-0.4, -0.2) is 43.9 Å². The highest BCUT2D eigenvalue weighted by molar-refractivity contribution is 5.80. The second-order valence-corrected chi connectivity index (χ2v) is 4.21. The summed E-state index contributed by atoms with van der Waals surface area (Å²) in [7, 11) is 0. The van der Waals surface area contributed by atoms with Crippen LogP contribution in [0.1, 0.15) is 19.3 Å². The highest BCUT2D eigenvalue weighted by Gasteiger charge is 2.28. The first kappa shape index (κ1) is 10.9. The number of nitrogens with two attached hydrogens (primary N) is 1. The molecular weight excluding hydrogens is 196 g/mol. The Hall–Kier alpha value is -0.650. The van der Waals surface area contributed by atoms with Crippen LogP contribution in [0.3, 0.4) is 0 Å². The molecule has 2 fully saturated rings. The van der Waals surface area contributed by atoms with E-state index in [0.29, 0.717) is 19.3 Å². The summed E-state index contributed by atoms with van der Waals surface area (Å²) in [6, 6.07) is 0.115. The lowest BCUT2D eigenvalue weighted by Crippen LogP contribution is -2.46. The Morgan fingerprint density at radius 1 is 1.53 bits per heavy atom. The topological polar surface area (TPSA) is 73.6 Å². The number of amides is 1. The first-order valence-corrected chi connectivity index (χ1v) is 5.50. The lowest BCUT2D eigenvalue weighted by molar-refractivity contribution is -0.122. The van der Waals surface area contributed by atoms with Crippen molar-refractivity contribution in [2.75, 3.05) is 19.8 Å². The highest BCUT2D eigenvalue weighted by atomic mass is 16.5. The first-order chi connectivity index (χ1) is 7.25. The molecule has 1 aliphatic carbocycles. The molecular formula is C10H18N2O3. The van der Waals surface area contributed by atoms with Crippen molar-refractivity contribution in [3.05, 3.63) is 0 Å². The van der Waals surface area contributed by atoms with Gasteiger partial charge in [0.2, 0.25) is 5.91 Å². The molecule has 1 amide bonds. The van der Waals surface area contributed by atoms with Gasteiger partial charge in [-0.3, -0.25) is 4.79 Å². The fraction of sp³-hybridized carbons (Fsp3) is 0.900. The minimum Gasteiger partial charge on any atom is -0.379 e. The van der Waals surface area contributed by atoms with E-state index in [1.165, 1.54) is 0 Å². The predicted octanol–water partition coefficient (Wildman–Crippen LogP) is -0.602. The van der Waals surface area contributed by atoms with Gasteiger partial charge in [-0.1, -0.05) is 0 Å². The molecule has 1 saturated carbocycles. The van der Waals surface area contributed by atoms with Crippen LogP contribution in [0.15, 0.2) is 0 Å². The second-order valence-electron chi connectivity index (χ2n) is 4.21. The van der Waals surface area contributed by atoms with Crippen LogP contribution in [0.25, 0.3) is 0 Å². The Balaban J connectivity index is 1.70. The largest absolute Gasteiger partial charge is 0.379 e. The van der Waals surface area contributed by atoms with E-state index in [-0.39, 0.29) is 18.1 Å². The van der Waals surface area contributed by atoms with Gasteiger partial charge in [0.1, 0.15) is 6.04 Å². The van der Waals surface area contributed by atoms with Gasteiger partial charge in [0.05, 0.1) is 19.3 Å². The third kappa shape index (κ3) is 3.44. The third-order valence-electron chi connectivity index (χ3n) is 2.74. The number of ether oxygens (including phenoxy) is 2. The van der Waals surface area contributed by atoms with Gasteiger partial charge in [-0.05, 0) is 19.3 Å². The van der Waals surface area contributed by atoms with E-state index in [9.17, 15) is 4.79 Å².